The summed E-state index contributed by atoms with van der Waals surface area (Å²) in [6.07, 6.45) is 11.1. The summed E-state index contributed by atoms with van der Waals surface area (Å²) in [4.78, 5) is 11.5. The van der Waals surface area contributed by atoms with E-state index in [1.807, 2.05) is 44.7 Å². The summed E-state index contributed by atoms with van der Waals surface area (Å²) in [6.45, 7) is 8.78. The van der Waals surface area contributed by atoms with Crippen molar-refractivity contribution in [2.45, 2.75) is 20.0 Å². The molecule has 3 heterocycles. The second-order valence-electron chi connectivity index (χ2n) is 9.51. The molecule has 9 nitrogen and oxygen atoms in total. The molecule has 0 amide bonds. The van der Waals surface area contributed by atoms with Crippen LogP contribution in [0.15, 0.2) is 48.2 Å². The van der Waals surface area contributed by atoms with Gasteiger partial charge >= 0.3 is 0 Å². The SMILES string of the molecule is CN/C=C(\C(=N)CN1CCN(C)CC1)c1cnc2c(c1)N(C)C(N/C(N)=C/C(=C\N)C(C)C)C=C2. The highest BCUT2D eigenvalue weighted by atomic mass is 15.3. The lowest BCUT2D eigenvalue weighted by Crippen LogP contribution is -2.46. The molecule has 2 aliphatic heterocycles. The zero-order valence-electron chi connectivity index (χ0n) is 21.7. The van der Waals surface area contributed by atoms with Crippen molar-refractivity contribution < 1.29 is 0 Å². The summed E-state index contributed by atoms with van der Waals surface area (Å²) in [5.41, 5.74) is 17.2. The first-order valence-electron chi connectivity index (χ1n) is 12.2. The predicted molar refractivity (Wildman–Crippen MR) is 147 cm³/mol. The molecule has 35 heavy (non-hydrogen) atoms. The molecule has 0 aromatic carbocycles. The van der Waals surface area contributed by atoms with Crippen molar-refractivity contribution in [2.24, 2.45) is 17.4 Å². The van der Waals surface area contributed by atoms with Gasteiger partial charge in [-0.05, 0) is 49.0 Å². The third-order valence-corrected chi connectivity index (χ3v) is 6.53. The predicted octanol–water partition coefficient (Wildman–Crippen LogP) is 1.59. The normalized spacial score (nSPS) is 20.2. The van der Waals surface area contributed by atoms with Crippen LogP contribution < -0.4 is 27.0 Å². The number of aromatic nitrogens is 1. The van der Waals surface area contributed by atoms with E-state index in [0.29, 0.717) is 18.1 Å². The first-order valence-corrected chi connectivity index (χ1v) is 12.2. The molecule has 9 heteroatoms. The van der Waals surface area contributed by atoms with Crippen LogP contribution in [0.2, 0.25) is 0 Å². The molecule has 1 saturated heterocycles. The maximum atomic E-state index is 8.84. The van der Waals surface area contributed by atoms with Gasteiger partial charge in [-0.1, -0.05) is 13.8 Å². The van der Waals surface area contributed by atoms with Crippen molar-refractivity contribution >= 4 is 23.0 Å². The Morgan fingerprint density at radius 1 is 1.26 bits per heavy atom. The number of allylic oxidation sites excluding steroid dienone is 2. The van der Waals surface area contributed by atoms with E-state index in [9.17, 15) is 0 Å². The van der Waals surface area contributed by atoms with Crippen LogP contribution in [0, 0.1) is 11.3 Å². The molecule has 3 rings (SSSR count). The Kier molecular flexibility index (Phi) is 8.95. The lowest BCUT2D eigenvalue weighted by Gasteiger charge is -2.34. The first kappa shape index (κ1) is 26.3. The van der Waals surface area contributed by atoms with Gasteiger partial charge < -0.3 is 37.3 Å². The number of likely N-dealkylation sites (N-methyl/N-ethyl adjacent to an activating group) is 2. The average Bonchev–Trinajstić information content (AvgIpc) is 2.84. The van der Waals surface area contributed by atoms with E-state index < -0.39 is 0 Å². The number of nitrogens with one attached hydrogen (secondary N) is 3. The van der Waals surface area contributed by atoms with E-state index in [1.54, 1.807) is 6.20 Å². The summed E-state index contributed by atoms with van der Waals surface area (Å²) in [5, 5.41) is 15.3. The second kappa shape index (κ2) is 11.9. The summed E-state index contributed by atoms with van der Waals surface area (Å²) in [6, 6.07) is 2.10. The van der Waals surface area contributed by atoms with Crippen LogP contribution in [0.5, 0.6) is 0 Å². The fourth-order valence-electron chi connectivity index (χ4n) is 4.23. The zero-order valence-corrected chi connectivity index (χ0v) is 21.7. The molecule has 0 radical (unpaired) electrons. The zero-order chi connectivity index (χ0) is 25.5. The smallest absolute Gasteiger partial charge is 0.120 e. The lowest BCUT2D eigenvalue weighted by molar-refractivity contribution is 0.170. The number of fused-ring (bicyclic) bond motifs is 1. The summed E-state index contributed by atoms with van der Waals surface area (Å²) in [7, 11) is 6.01. The average molecular weight is 480 g/mol. The van der Waals surface area contributed by atoms with E-state index in [1.165, 1.54) is 0 Å². The molecule has 190 valence electrons. The van der Waals surface area contributed by atoms with Gasteiger partial charge in [-0.15, -0.1) is 0 Å². The van der Waals surface area contributed by atoms with Crippen molar-refractivity contribution in [3.05, 3.63) is 59.5 Å². The van der Waals surface area contributed by atoms with Gasteiger partial charge in [-0.3, -0.25) is 9.88 Å². The van der Waals surface area contributed by atoms with Crippen LogP contribution in [0.3, 0.4) is 0 Å². The molecule has 0 saturated carbocycles. The third-order valence-electron chi connectivity index (χ3n) is 6.53. The number of anilines is 1. The van der Waals surface area contributed by atoms with Crippen molar-refractivity contribution in [2.75, 3.05) is 58.8 Å². The maximum Gasteiger partial charge on any atom is 0.120 e. The van der Waals surface area contributed by atoms with Gasteiger partial charge in [0.1, 0.15) is 6.17 Å². The maximum absolute atomic E-state index is 8.84. The highest BCUT2D eigenvalue weighted by Gasteiger charge is 2.23. The quantitative estimate of drug-likeness (QED) is 0.267. The minimum atomic E-state index is -0.136. The Hall–Kier alpha value is -3.30. The number of nitrogens with zero attached hydrogens (tertiary/aromatic N) is 4. The minimum absolute atomic E-state index is 0.136. The Bertz CT molecular complexity index is 1010. The number of nitrogens with two attached hydrogens (primary N) is 2. The van der Waals surface area contributed by atoms with Crippen LogP contribution >= 0.6 is 0 Å². The van der Waals surface area contributed by atoms with Gasteiger partial charge in [0.15, 0.2) is 0 Å². The molecule has 1 unspecified atom stereocenters. The van der Waals surface area contributed by atoms with Crippen molar-refractivity contribution in [1.29, 1.82) is 5.41 Å². The molecule has 1 atom stereocenters. The lowest BCUT2D eigenvalue weighted by atomic mass is 10.0. The van der Waals surface area contributed by atoms with E-state index in [-0.39, 0.29) is 12.1 Å². The summed E-state index contributed by atoms with van der Waals surface area (Å²) < 4.78 is 0. The van der Waals surface area contributed by atoms with E-state index in [4.69, 9.17) is 21.9 Å². The number of hydrogen-bond acceptors (Lipinski definition) is 9. The van der Waals surface area contributed by atoms with Crippen LogP contribution in [0.1, 0.15) is 25.1 Å². The number of rotatable bonds is 9. The van der Waals surface area contributed by atoms with E-state index in [2.05, 4.69) is 52.3 Å². The third kappa shape index (κ3) is 6.64. The van der Waals surface area contributed by atoms with Crippen molar-refractivity contribution in [1.82, 2.24) is 25.4 Å². The largest absolute Gasteiger partial charge is 0.404 e. The molecule has 1 fully saturated rings. The van der Waals surface area contributed by atoms with Crippen molar-refractivity contribution in [3.8, 4) is 0 Å². The van der Waals surface area contributed by atoms with Crippen LogP contribution in [0.4, 0.5) is 5.69 Å². The monoisotopic (exact) mass is 479 g/mol. The van der Waals surface area contributed by atoms with Crippen LogP contribution in [-0.4, -0.2) is 80.5 Å². The first-order chi connectivity index (χ1) is 16.7. The second-order valence-corrected chi connectivity index (χ2v) is 9.51. The fourth-order valence-corrected chi connectivity index (χ4v) is 4.23. The standard InChI is InChI=1S/C26H41N9/c1-18(2)19(14-27)13-25(29)32-26-7-6-23-24(34(26)5)12-20(15-31-23)21(16-30-3)22(28)17-35-10-8-33(4)9-11-35/h6-7,12-16,18,26,28,30,32H,8-11,17,27,29H2,1-5H3/b19-14+,21-16-,25-13+,28-22?. The van der Waals surface area contributed by atoms with Crippen molar-refractivity contribution in [3.63, 3.8) is 0 Å². The summed E-state index contributed by atoms with van der Waals surface area (Å²) >= 11 is 0. The van der Waals surface area contributed by atoms with E-state index >= 15 is 0 Å². The Balaban J connectivity index is 1.78. The van der Waals surface area contributed by atoms with Crippen LogP contribution in [0.25, 0.3) is 11.6 Å². The topological polar surface area (TPSA) is 123 Å². The Morgan fingerprint density at radius 2 is 1.97 bits per heavy atom. The van der Waals surface area contributed by atoms with Gasteiger partial charge in [0.25, 0.3) is 0 Å². The molecular weight excluding hydrogens is 438 g/mol. The molecule has 2 aliphatic rings. The van der Waals surface area contributed by atoms with Gasteiger partial charge in [-0.2, -0.15) is 0 Å². The number of piperazine rings is 1. The molecule has 1 aromatic heterocycles. The highest BCUT2D eigenvalue weighted by molar-refractivity contribution is 6.23. The number of pyridine rings is 1. The van der Waals surface area contributed by atoms with Gasteiger partial charge in [-0.25, -0.2) is 0 Å². The van der Waals surface area contributed by atoms with Gasteiger partial charge in [0.05, 0.1) is 22.9 Å². The van der Waals surface area contributed by atoms with Gasteiger partial charge in [0, 0.05) is 70.4 Å². The van der Waals surface area contributed by atoms with Gasteiger partial charge in [0.2, 0.25) is 0 Å². The number of hydrogen-bond donors (Lipinski definition) is 5. The Labute approximate surface area is 209 Å². The molecule has 0 aliphatic carbocycles. The molecule has 7 N–H and O–H groups in total. The van der Waals surface area contributed by atoms with Crippen LogP contribution in [-0.2, 0) is 0 Å². The van der Waals surface area contributed by atoms with E-state index in [0.717, 1.165) is 54.3 Å². The molecule has 0 spiro atoms. The Morgan fingerprint density at radius 3 is 2.60 bits per heavy atom. The molecule has 0 bridgehead atoms. The fraction of sp³-hybridized carbons (Fsp3) is 0.462. The minimum Gasteiger partial charge on any atom is -0.404 e. The molecule has 1 aromatic rings. The summed E-state index contributed by atoms with van der Waals surface area (Å²) in [5.74, 6) is 0.834. The highest BCUT2D eigenvalue weighted by Crippen LogP contribution is 2.29. The molecular formula is C26H41N9.